The van der Waals surface area contributed by atoms with Gasteiger partial charge in [-0.05, 0) is 49.2 Å². The van der Waals surface area contributed by atoms with Crippen LogP contribution in [0.2, 0.25) is 0 Å². The third kappa shape index (κ3) is 3.83. The Morgan fingerprint density at radius 2 is 1.52 bits per heavy atom. The highest BCUT2D eigenvalue weighted by atomic mass is 16.5. The third-order valence-corrected chi connectivity index (χ3v) is 5.52. The smallest absolute Gasteiger partial charge is 0.203 e. The van der Waals surface area contributed by atoms with Crippen molar-refractivity contribution in [3.63, 3.8) is 0 Å². The van der Waals surface area contributed by atoms with Crippen molar-refractivity contribution in [3.05, 3.63) is 47.5 Å². The van der Waals surface area contributed by atoms with E-state index in [2.05, 4.69) is 24.0 Å². The van der Waals surface area contributed by atoms with Crippen LogP contribution in [-0.2, 0) is 0 Å². The van der Waals surface area contributed by atoms with Gasteiger partial charge in [-0.3, -0.25) is 4.90 Å². The molecule has 0 radical (unpaired) electrons. The predicted octanol–water partition coefficient (Wildman–Crippen LogP) is 4.27. The number of rotatable bonds is 7. The molecule has 0 bridgehead atoms. The lowest BCUT2D eigenvalue weighted by Crippen LogP contribution is -2.24. The Bertz CT molecular complexity index is 752. The highest BCUT2D eigenvalue weighted by molar-refractivity contribution is 5.54. The predicted molar refractivity (Wildman–Crippen MR) is 106 cm³/mol. The molecule has 1 heterocycles. The summed E-state index contributed by atoms with van der Waals surface area (Å²) >= 11 is 0. The fourth-order valence-corrected chi connectivity index (χ4v) is 3.95. The fourth-order valence-electron chi connectivity index (χ4n) is 3.95. The summed E-state index contributed by atoms with van der Waals surface area (Å²) in [6, 6.07) is 12.7. The molecule has 2 atom stereocenters. The quantitative estimate of drug-likeness (QED) is 0.727. The Balaban J connectivity index is 1.82. The van der Waals surface area contributed by atoms with Gasteiger partial charge in [0.2, 0.25) is 5.75 Å². The van der Waals surface area contributed by atoms with Crippen LogP contribution in [0.1, 0.15) is 36.4 Å². The topological polar surface area (TPSA) is 40.2 Å². The molecule has 2 aromatic carbocycles. The van der Waals surface area contributed by atoms with Gasteiger partial charge < -0.3 is 18.9 Å². The van der Waals surface area contributed by atoms with Crippen molar-refractivity contribution in [2.24, 2.45) is 0 Å². The number of ether oxygens (including phenoxy) is 4. The average Bonchev–Trinajstić information content (AvgIpc) is 3.21. The molecule has 0 aliphatic carbocycles. The maximum absolute atomic E-state index is 5.56. The van der Waals surface area contributed by atoms with Gasteiger partial charge in [0.1, 0.15) is 5.75 Å². The van der Waals surface area contributed by atoms with Crippen LogP contribution in [0.3, 0.4) is 0 Å². The van der Waals surface area contributed by atoms with Crippen LogP contribution in [0.25, 0.3) is 0 Å². The molecule has 1 aliphatic rings. The minimum Gasteiger partial charge on any atom is -0.496 e. The van der Waals surface area contributed by atoms with E-state index >= 15 is 0 Å². The zero-order valence-corrected chi connectivity index (χ0v) is 16.8. The second-order valence-corrected chi connectivity index (χ2v) is 6.86. The first-order chi connectivity index (χ1) is 13.1. The number of hydrogen-bond donors (Lipinski definition) is 0. The average molecular weight is 371 g/mol. The second-order valence-electron chi connectivity index (χ2n) is 6.86. The third-order valence-electron chi connectivity index (χ3n) is 5.52. The molecule has 0 amide bonds. The van der Waals surface area contributed by atoms with E-state index in [1.54, 1.807) is 28.4 Å². The second kappa shape index (κ2) is 8.53. The van der Waals surface area contributed by atoms with Crippen molar-refractivity contribution in [2.75, 3.05) is 41.5 Å². The first kappa shape index (κ1) is 19.4. The molecule has 0 N–H and O–H groups in total. The van der Waals surface area contributed by atoms with Crippen LogP contribution in [0, 0.1) is 0 Å². The van der Waals surface area contributed by atoms with Crippen LogP contribution in [-0.4, -0.2) is 46.4 Å². The molecule has 0 saturated carbocycles. The van der Waals surface area contributed by atoms with Crippen molar-refractivity contribution < 1.29 is 18.9 Å². The summed E-state index contributed by atoms with van der Waals surface area (Å²) in [4.78, 5) is 2.50. The Morgan fingerprint density at radius 1 is 0.889 bits per heavy atom. The van der Waals surface area contributed by atoms with Crippen molar-refractivity contribution in [2.45, 2.75) is 25.3 Å². The number of benzene rings is 2. The molecule has 0 unspecified atom stereocenters. The summed E-state index contributed by atoms with van der Waals surface area (Å²) in [5, 5.41) is 0. The Morgan fingerprint density at radius 3 is 2.11 bits per heavy atom. The van der Waals surface area contributed by atoms with Crippen LogP contribution >= 0.6 is 0 Å². The van der Waals surface area contributed by atoms with Crippen molar-refractivity contribution in [1.29, 1.82) is 0 Å². The maximum Gasteiger partial charge on any atom is 0.203 e. The van der Waals surface area contributed by atoms with E-state index in [1.807, 2.05) is 24.3 Å². The van der Waals surface area contributed by atoms with E-state index in [1.165, 1.54) is 5.56 Å². The maximum atomic E-state index is 5.56. The van der Waals surface area contributed by atoms with Gasteiger partial charge in [-0.15, -0.1) is 0 Å². The first-order valence-electron chi connectivity index (χ1n) is 9.29. The van der Waals surface area contributed by atoms with E-state index in [0.29, 0.717) is 23.2 Å². The summed E-state index contributed by atoms with van der Waals surface area (Å²) in [5.41, 5.74) is 2.45. The number of nitrogens with zero attached hydrogens (tertiary/aromatic N) is 1. The number of hydrogen-bond acceptors (Lipinski definition) is 5. The van der Waals surface area contributed by atoms with Gasteiger partial charge >= 0.3 is 0 Å². The molecule has 0 spiro atoms. The van der Waals surface area contributed by atoms with Gasteiger partial charge in [0.05, 0.1) is 28.4 Å². The molecule has 1 aliphatic heterocycles. The van der Waals surface area contributed by atoms with E-state index in [-0.39, 0.29) is 6.04 Å². The van der Waals surface area contributed by atoms with Crippen LogP contribution < -0.4 is 18.9 Å². The summed E-state index contributed by atoms with van der Waals surface area (Å²) in [5.74, 6) is 3.47. The molecule has 5 heteroatoms. The Hall–Kier alpha value is -2.40. The molecule has 146 valence electrons. The van der Waals surface area contributed by atoms with Crippen molar-refractivity contribution >= 4 is 0 Å². The lowest BCUT2D eigenvalue weighted by atomic mass is 9.97. The summed E-state index contributed by atoms with van der Waals surface area (Å²) < 4.78 is 22.0. The Labute approximate surface area is 161 Å². The van der Waals surface area contributed by atoms with E-state index < -0.39 is 0 Å². The number of likely N-dealkylation sites (tertiary alicyclic amines) is 1. The molecule has 2 aromatic rings. The highest BCUT2D eigenvalue weighted by Gasteiger charge is 2.30. The monoisotopic (exact) mass is 371 g/mol. The normalized spacial score (nSPS) is 18.2. The number of para-hydroxylation sites is 1. The van der Waals surface area contributed by atoms with Crippen molar-refractivity contribution in [1.82, 2.24) is 4.90 Å². The molecule has 1 fully saturated rings. The van der Waals surface area contributed by atoms with Crippen LogP contribution in [0.15, 0.2) is 36.4 Å². The molecular weight excluding hydrogens is 342 g/mol. The van der Waals surface area contributed by atoms with E-state index in [0.717, 1.165) is 30.8 Å². The zero-order valence-electron chi connectivity index (χ0n) is 16.8. The van der Waals surface area contributed by atoms with Gasteiger partial charge in [0.25, 0.3) is 0 Å². The van der Waals surface area contributed by atoms with E-state index in [4.69, 9.17) is 18.9 Å². The standard InChI is InChI=1S/C22H29NO4/c1-15(17-12-20(25-3)22(27-5)21(13-17)26-4)23-11-10-16(14-23)18-8-6-7-9-19(18)24-2/h6-9,12-13,15-16H,10-11,14H2,1-5H3/t15-,16+/m1/s1. The highest BCUT2D eigenvalue weighted by Crippen LogP contribution is 2.42. The minimum atomic E-state index is 0.249. The Kier molecular flexibility index (Phi) is 6.11. The van der Waals surface area contributed by atoms with Gasteiger partial charge in [0.15, 0.2) is 11.5 Å². The first-order valence-corrected chi connectivity index (χ1v) is 9.29. The molecule has 27 heavy (non-hydrogen) atoms. The summed E-state index contributed by atoms with van der Waals surface area (Å²) in [7, 11) is 6.67. The molecular formula is C22H29NO4. The molecule has 5 nitrogen and oxygen atoms in total. The van der Waals surface area contributed by atoms with E-state index in [9.17, 15) is 0 Å². The summed E-state index contributed by atoms with van der Waals surface area (Å²) in [6.45, 7) is 4.27. The van der Waals surface area contributed by atoms with Crippen LogP contribution in [0.5, 0.6) is 23.0 Å². The van der Waals surface area contributed by atoms with Gasteiger partial charge in [0, 0.05) is 18.5 Å². The van der Waals surface area contributed by atoms with Gasteiger partial charge in [-0.1, -0.05) is 18.2 Å². The van der Waals surface area contributed by atoms with Crippen LogP contribution in [0.4, 0.5) is 0 Å². The lowest BCUT2D eigenvalue weighted by Gasteiger charge is -2.26. The lowest BCUT2D eigenvalue weighted by molar-refractivity contribution is 0.256. The largest absolute Gasteiger partial charge is 0.496 e. The fraction of sp³-hybridized carbons (Fsp3) is 0.455. The molecule has 0 aromatic heterocycles. The minimum absolute atomic E-state index is 0.249. The zero-order chi connectivity index (χ0) is 19.4. The summed E-state index contributed by atoms with van der Waals surface area (Å²) in [6.07, 6.45) is 1.12. The van der Waals surface area contributed by atoms with Gasteiger partial charge in [-0.25, -0.2) is 0 Å². The molecule has 1 saturated heterocycles. The van der Waals surface area contributed by atoms with Crippen molar-refractivity contribution in [3.8, 4) is 23.0 Å². The van der Waals surface area contributed by atoms with Gasteiger partial charge in [-0.2, -0.15) is 0 Å². The SMILES string of the molecule is COc1ccccc1[C@H]1CCN([C@H](C)c2cc(OC)c(OC)c(OC)c2)C1. The molecule has 3 rings (SSSR count). The number of methoxy groups -OCH3 is 4.